The summed E-state index contributed by atoms with van der Waals surface area (Å²) in [6.07, 6.45) is 3.90. The highest BCUT2D eigenvalue weighted by atomic mass is 16.5. The number of ether oxygens (including phenoxy) is 1. The van der Waals surface area contributed by atoms with Crippen molar-refractivity contribution in [1.82, 2.24) is 15.2 Å². The van der Waals surface area contributed by atoms with E-state index < -0.39 is 0 Å². The van der Waals surface area contributed by atoms with Crippen LogP contribution in [0.3, 0.4) is 0 Å². The number of methoxy groups -OCH3 is 1. The molecule has 1 aromatic carbocycles. The summed E-state index contributed by atoms with van der Waals surface area (Å²) in [6, 6.07) is 6.34. The lowest BCUT2D eigenvalue weighted by Crippen LogP contribution is -2.34. The Balaban J connectivity index is 1.53. The summed E-state index contributed by atoms with van der Waals surface area (Å²) in [5.74, 6) is -0.201. The van der Waals surface area contributed by atoms with Gasteiger partial charge < -0.3 is 19.9 Å². The third-order valence-electron chi connectivity index (χ3n) is 4.98. The van der Waals surface area contributed by atoms with Gasteiger partial charge in [0.2, 0.25) is 11.8 Å². The number of likely N-dealkylation sites (tertiary alicyclic amines) is 1. The molecule has 6 heteroatoms. The van der Waals surface area contributed by atoms with Gasteiger partial charge in [-0.25, -0.2) is 0 Å². The number of hydrogen-bond donors (Lipinski definition) is 2. The maximum Gasteiger partial charge on any atom is 0.225 e. The molecule has 2 N–H and O–H groups in total. The Hall–Kier alpha value is -2.34. The highest BCUT2D eigenvalue weighted by Gasteiger charge is 2.33. The average molecular weight is 357 g/mol. The van der Waals surface area contributed by atoms with Crippen molar-refractivity contribution in [2.45, 2.75) is 26.2 Å². The van der Waals surface area contributed by atoms with Crippen molar-refractivity contribution in [2.75, 3.05) is 33.4 Å². The van der Waals surface area contributed by atoms with Crippen molar-refractivity contribution in [3.05, 3.63) is 35.5 Å². The Labute approximate surface area is 153 Å². The molecule has 26 heavy (non-hydrogen) atoms. The van der Waals surface area contributed by atoms with Gasteiger partial charge in [-0.05, 0) is 37.5 Å². The van der Waals surface area contributed by atoms with E-state index in [2.05, 4.69) is 35.4 Å². The van der Waals surface area contributed by atoms with Gasteiger partial charge in [-0.3, -0.25) is 9.59 Å². The zero-order valence-corrected chi connectivity index (χ0v) is 15.5. The minimum Gasteiger partial charge on any atom is -0.385 e. The summed E-state index contributed by atoms with van der Waals surface area (Å²) in [5, 5.41) is 4.11. The van der Waals surface area contributed by atoms with Gasteiger partial charge in [0.25, 0.3) is 0 Å². The molecule has 0 spiro atoms. The SMILES string of the molecule is COCCCNC(=O)C1CC(=O)N(CCc2c[nH]c3ccc(C)cc23)C1. The molecule has 1 aliphatic heterocycles. The van der Waals surface area contributed by atoms with E-state index in [9.17, 15) is 9.59 Å². The molecule has 1 aromatic heterocycles. The Morgan fingerprint density at radius 3 is 3.08 bits per heavy atom. The lowest BCUT2D eigenvalue weighted by atomic mass is 10.1. The summed E-state index contributed by atoms with van der Waals surface area (Å²) < 4.78 is 4.97. The average Bonchev–Trinajstić information content (AvgIpc) is 3.20. The molecule has 0 bridgehead atoms. The number of fused-ring (bicyclic) bond motifs is 1. The standard InChI is InChI=1S/C20H27N3O3/c1-14-4-5-18-17(10-14)15(12-22-18)6-8-23-13-16(11-19(23)24)20(25)21-7-3-9-26-2/h4-5,10,12,16,22H,3,6-9,11,13H2,1-2H3,(H,21,25). The van der Waals surface area contributed by atoms with Crippen molar-refractivity contribution in [3.8, 4) is 0 Å². The Bertz CT molecular complexity index is 784. The van der Waals surface area contributed by atoms with E-state index in [4.69, 9.17) is 4.74 Å². The Kier molecular flexibility index (Phi) is 5.93. The van der Waals surface area contributed by atoms with Gasteiger partial charge in [-0.2, -0.15) is 0 Å². The lowest BCUT2D eigenvalue weighted by Gasteiger charge is -2.16. The van der Waals surface area contributed by atoms with E-state index in [1.165, 1.54) is 16.5 Å². The lowest BCUT2D eigenvalue weighted by molar-refractivity contribution is -0.129. The maximum atomic E-state index is 12.3. The zero-order valence-electron chi connectivity index (χ0n) is 15.5. The van der Waals surface area contributed by atoms with E-state index >= 15 is 0 Å². The van der Waals surface area contributed by atoms with Gasteiger partial charge in [-0.1, -0.05) is 11.6 Å². The van der Waals surface area contributed by atoms with Gasteiger partial charge in [0.1, 0.15) is 0 Å². The topological polar surface area (TPSA) is 74.4 Å². The molecule has 2 aromatic rings. The molecule has 0 saturated carbocycles. The number of carbonyl (C=O) groups excluding carboxylic acids is 2. The number of amides is 2. The molecular formula is C20H27N3O3. The van der Waals surface area contributed by atoms with Crippen LogP contribution in [0.2, 0.25) is 0 Å². The van der Waals surface area contributed by atoms with E-state index in [0.717, 1.165) is 18.4 Å². The molecule has 140 valence electrons. The third-order valence-corrected chi connectivity index (χ3v) is 4.98. The molecule has 1 fully saturated rings. The fourth-order valence-corrected chi connectivity index (χ4v) is 3.49. The molecule has 0 aliphatic carbocycles. The summed E-state index contributed by atoms with van der Waals surface area (Å²) >= 11 is 0. The monoisotopic (exact) mass is 357 g/mol. The second kappa shape index (κ2) is 8.36. The first-order chi connectivity index (χ1) is 12.6. The van der Waals surface area contributed by atoms with Crippen molar-refractivity contribution in [1.29, 1.82) is 0 Å². The Morgan fingerprint density at radius 2 is 2.27 bits per heavy atom. The highest BCUT2D eigenvalue weighted by Crippen LogP contribution is 2.22. The van der Waals surface area contributed by atoms with Crippen LogP contribution < -0.4 is 5.32 Å². The predicted octanol–water partition coefficient (Wildman–Crippen LogP) is 2.02. The minimum absolute atomic E-state index is 0.0281. The van der Waals surface area contributed by atoms with E-state index in [1.54, 1.807) is 7.11 Å². The summed E-state index contributed by atoms with van der Waals surface area (Å²) in [4.78, 5) is 29.6. The van der Waals surface area contributed by atoms with Crippen LogP contribution in [-0.2, 0) is 20.7 Å². The number of carbonyl (C=O) groups is 2. The molecule has 1 saturated heterocycles. The van der Waals surface area contributed by atoms with Gasteiger partial charge in [0.05, 0.1) is 5.92 Å². The fourth-order valence-electron chi connectivity index (χ4n) is 3.49. The second-order valence-corrected chi connectivity index (χ2v) is 6.99. The number of hydrogen-bond acceptors (Lipinski definition) is 3. The van der Waals surface area contributed by atoms with Gasteiger partial charge >= 0.3 is 0 Å². The molecule has 6 nitrogen and oxygen atoms in total. The molecule has 1 atom stereocenters. The van der Waals surface area contributed by atoms with Gasteiger partial charge in [0, 0.05) is 56.9 Å². The first-order valence-electron chi connectivity index (χ1n) is 9.19. The number of aromatic nitrogens is 1. The first kappa shape index (κ1) is 18.5. The molecule has 2 amide bonds. The maximum absolute atomic E-state index is 12.3. The van der Waals surface area contributed by atoms with Crippen molar-refractivity contribution in [2.24, 2.45) is 5.92 Å². The summed E-state index contributed by atoms with van der Waals surface area (Å²) in [5.41, 5.74) is 3.55. The molecule has 2 heterocycles. The molecule has 3 rings (SSSR count). The normalized spacial score (nSPS) is 17.2. The minimum atomic E-state index is -0.241. The van der Waals surface area contributed by atoms with Gasteiger partial charge in [-0.15, -0.1) is 0 Å². The van der Waals surface area contributed by atoms with Crippen LogP contribution in [0, 0.1) is 12.8 Å². The predicted molar refractivity (Wildman–Crippen MR) is 101 cm³/mol. The van der Waals surface area contributed by atoms with Crippen LogP contribution in [0.25, 0.3) is 10.9 Å². The molecule has 1 aliphatic rings. The van der Waals surface area contributed by atoms with E-state index in [-0.39, 0.29) is 17.7 Å². The van der Waals surface area contributed by atoms with E-state index in [0.29, 0.717) is 32.7 Å². The number of nitrogens with zero attached hydrogens (tertiary/aromatic N) is 1. The van der Waals surface area contributed by atoms with Crippen molar-refractivity contribution >= 4 is 22.7 Å². The fraction of sp³-hybridized carbons (Fsp3) is 0.500. The quantitative estimate of drug-likeness (QED) is 0.710. The third kappa shape index (κ3) is 4.25. The number of rotatable bonds is 8. The van der Waals surface area contributed by atoms with Crippen LogP contribution in [0.1, 0.15) is 24.0 Å². The first-order valence-corrected chi connectivity index (χ1v) is 9.19. The number of H-pyrrole nitrogens is 1. The number of aryl methyl sites for hydroxylation is 1. The highest BCUT2D eigenvalue weighted by molar-refractivity contribution is 5.89. The second-order valence-electron chi connectivity index (χ2n) is 6.99. The van der Waals surface area contributed by atoms with Crippen molar-refractivity contribution < 1.29 is 14.3 Å². The van der Waals surface area contributed by atoms with Crippen LogP contribution in [0.4, 0.5) is 0 Å². The van der Waals surface area contributed by atoms with Crippen LogP contribution in [0.5, 0.6) is 0 Å². The summed E-state index contributed by atoms with van der Waals surface area (Å²) in [7, 11) is 1.64. The van der Waals surface area contributed by atoms with Crippen molar-refractivity contribution in [3.63, 3.8) is 0 Å². The largest absolute Gasteiger partial charge is 0.385 e. The van der Waals surface area contributed by atoms with Crippen LogP contribution in [-0.4, -0.2) is 55.0 Å². The molecule has 0 radical (unpaired) electrons. The van der Waals surface area contributed by atoms with Gasteiger partial charge in [0.15, 0.2) is 0 Å². The number of aromatic amines is 1. The number of benzene rings is 1. The Morgan fingerprint density at radius 1 is 1.42 bits per heavy atom. The van der Waals surface area contributed by atoms with Crippen LogP contribution in [0.15, 0.2) is 24.4 Å². The van der Waals surface area contributed by atoms with Crippen LogP contribution >= 0.6 is 0 Å². The number of nitrogens with one attached hydrogen (secondary N) is 2. The molecular weight excluding hydrogens is 330 g/mol. The molecule has 1 unspecified atom stereocenters. The summed E-state index contributed by atoms with van der Waals surface area (Å²) in [6.45, 7) is 4.45. The zero-order chi connectivity index (χ0) is 18.5. The smallest absolute Gasteiger partial charge is 0.225 e. The van der Waals surface area contributed by atoms with E-state index in [1.807, 2.05) is 11.1 Å².